The van der Waals surface area contributed by atoms with Crippen molar-refractivity contribution in [2.45, 2.75) is 0 Å². The second kappa shape index (κ2) is 9.79. The zero-order chi connectivity index (χ0) is 29.0. The molecule has 44 heavy (non-hydrogen) atoms. The largest absolute Gasteiger partial charge is 0.454 e. The summed E-state index contributed by atoms with van der Waals surface area (Å²) in [5.74, 6) is 0.695. The number of aromatic nitrogens is 3. The highest BCUT2D eigenvalue weighted by Crippen LogP contribution is 2.39. The number of hydrogen-bond acceptors (Lipinski definition) is 3. The molecule has 0 aliphatic carbocycles. The molecule has 0 amide bonds. The molecule has 0 unspecified atom stereocenters. The number of para-hydroxylation sites is 3. The lowest BCUT2D eigenvalue weighted by molar-refractivity contribution is 0.666. The van der Waals surface area contributed by atoms with Gasteiger partial charge in [0, 0.05) is 38.2 Å². The summed E-state index contributed by atoms with van der Waals surface area (Å²) in [6, 6.07) is 52.4. The third-order valence-electron chi connectivity index (χ3n) is 8.42. The number of benzene rings is 6. The van der Waals surface area contributed by atoms with E-state index in [2.05, 4.69) is 108 Å². The summed E-state index contributed by atoms with van der Waals surface area (Å²) >= 11 is 0. The first-order valence-electron chi connectivity index (χ1n) is 14.8. The normalized spacial score (nSPS) is 11.6. The van der Waals surface area contributed by atoms with Gasteiger partial charge in [-0.15, -0.1) is 0 Å². The van der Waals surface area contributed by atoms with Crippen LogP contribution in [0.2, 0.25) is 0 Å². The average Bonchev–Trinajstić information content (AvgIpc) is 3.64. The zero-order valence-electron chi connectivity index (χ0n) is 23.7. The summed E-state index contributed by atoms with van der Waals surface area (Å²) in [5.41, 5.74) is 9.77. The predicted molar refractivity (Wildman–Crippen MR) is 180 cm³/mol. The smallest absolute Gasteiger partial charge is 0.160 e. The van der Waals surface area contributed by atoms with Crippen LogP contribution in [0.15, 0.2) is 156 Å². The molecular weight excluding hydrogens is 538 g/mol. The Morgan fingerprint density at radius 2 is 1.02 bits per heavy atom. The lowest BCUT2D eigenvalue weighted by atomic mass is 10.0. The first kappa shape index (κ1) is 24.6. The SMILES string of the molecule is c1ccc(-c2cc(-c3ccc4c(c3)oc3c(-n5c6ccccc6c6ccccc65)cccc34)nc(-c3ccccc3)n2)cc1. The molecule has 9 rings (SSSR count). The van der Waals surface area contributed by atoms with Crippen LogP contribution >= 0.6 is 0 Å². The molecule has 0 saturated carbocycles. The van der Waals surface area contributed by atoms with Gasteiger partial charge in [0.05, 0.1) is 28.1 Å². The van der Waals surface area contributed by atoms with Gasteiger partial charge in [0.15, 0.2) is 11.4 Å². The summed E-state index contributed by atoms with van der Waals surface area (Å²) in [4.78, 5) is 9.98. The Morgan fingerprint density at radius 1 is 0.432 bits per heavy atom. The van der Waals surface area contributed by atoms with Crippen LogP contribution < -0.4 is 0 Å². The van der Waals surface area contributed by atoms with Gasteiger partial charge in [-0.1, -0.05) is 115 Å². The second-order valence-corrected chi connectivity index (χ2v) is 11.0. The van der Waals surface area contributed by atoms with Gasteiger partial charge in [0.25, 0.3) is 0 Å². The highest BCUT2D eigenvalue weighted by molar-refractivity contribution is 6.13. The number of fused-ring (bicyclic) bond motifs is 6. The Morgan fingerprint density at radius 3 is 1.73 bits per heavy atom. The van der Waals surface area contributed by atoms with E-state index in [1.807, 2.05) is 48.5 Å². The van der Waals surface area contributed by atoms with Crippen LogP contribution in [0.25, 0.3) is 83.3 Å². The minimum atomic E-state index is 0.695. The molecule has 0 aliphatic heterocycles. The van der Waals surface area contributed by atoms with E-state index in [-0.39, 0.29) is 0 Å². The van der Waals surface area contributed by atoms with Crippen LogP contribution in [-0.4, -0.2) is 14.5 Å². The van der Waals surface area contributed by atoms with Gasteiger partial charge < -0.3 is 8.98 Å². The van der Waals surface area contributed by atoms with E-state index in [1.165, 1.54) is 10.8 Å². The number of rotatable bonds is 4. The molecule has 4 nitrogen and oxygen atoms in total. The van der Waals surface area contributed by atoms with Gasteiger partial charge >= 0.3 is 0 Å². The van der Waals surface area contributed by atoms with Gasteiger partial charge in [-0.05, 0) is 36.4 Å². The van der Waals surface area contributed by atoms with Crippen LogP contribution in [0.1, 0.15) is 0 Å². The van der Waals surface area contributed by atoms with Crippen LogP contribution in [0, 0.1) is 0 Å². The van der Waals surface area contributed by atoms with Crippen molar-refractivity contribution in [3.8, 4) is 39.6 Å². The summed E-state index contributed by atoms with van der Waals surface area (Å²) in [6.45, 7) is 0. The second-order valence-electron chi connectivity index (χ2n) is 11.0. The molecule has 0 aliphatic rings. The van der Waals surface area contributed by atoms with E-state index in [0.717, 1.165) is 66.7 Å². The first-order chi connectivity index (χ1) is 21.8. The fourth-order valence-electron chi connectivity index (χ4n) is 6.37. The van der Waals surface area contributed by atoms with Gasteiger partial charge in [-0.2, -0.15) is 0 Å². The van der Waals surface area contributed by atoms with Gasteiger partial charge in [-0.25, -0.2) is 9.97 Å². The maximum absolute atomic E-state index is 6.73. The Labute approximate surface area is 253 Å². The maximum Gasteiger partial charge on any atom is 0.160 e. The Kier molecular flexibility index (Phi) is 5.47. The minimum Gasteiger partial charge on any atom is -0.454 e. The fourth-order valence-corrected chi connectivity index (χ4v) is 6.37. The molecule has 0 N–H and O–H groups in total. The molecule has 0 radical (unpaired) electrons. The van der Waals surface area contributed by atoms with Crippen molar-refractivity contribution in [3.05, 3.63) is 152 Å². The van der Waals surface area contributed by atoms with E-state index in [4.69, 9.17) is 14.4 Å². The van der Waals surface area contributed by atoms with E-state index in [9.17, 15) is 0 Å². The fraction of sp³-hybridized carbons (Fsp3) is 0. The highest BCUT2D eigenvalue weighted by Gasteiger charge is 2.18. The Balaban J connectivity index is 1.25. The van der Waals surface area contributed by atoms with Gasteiger partial charge in [0.2, 0.25) is 0 Å². The molecule has 3 heterocycles. The van der Waals surface area contributed by atoms with Crippen molar-refractivity contribution in [2.24, 2.45) is 0 Å². The molecule has 9 aromatic rings. The third-order valence-corrected chi connectivity index (χ3v) is 8.42. The molecule has 0 atom stereocenters. The van der Waals surface area contributed by atoms with Crippen LogP contribution in [0.3, 0.4) is 0 Å². The molecular formula is C40H25N3O. The van der Waals surface area contributed by atoms with Crippen molar-refractivity contribution in [1.82, 2.24) is 14.5 Å². The summed E-state index contributed by atoms with van der Waals surface area (Å²) in [6.07, 6.45) is 0. The summed E-state index contributed by atoms with van der Waals surface area (Å²) < 4.78 is 9.05. The monoisotopic (exact) mass is 563 g/mol. The van der Waals surface area contributed by atoms with E-state index in [1.54, 1.807) is 0 Å². The molecule has 0 fully saturated rings. The summed E-state index contributed by atoms with van der Waals surface area (Å²) in [5, 5.41) is 4.62. The van der Waals surface area contributed by atoms with Crippen molar-refractivity contribution < 1.29 is 4.42 Å². The first-order valence-corrected chi connectivity index (χ1v) is 14.8. The third kappa shape index (κ3) is 3.85. The number of hydrogen-bond donors (Lipinski definition) is 0. The topological polar surface area (TPSA) is 43.9 Å². The molecule has 0 bridgehead atoms. The predicted octanol–water partition coefficient (Wildman–Crippen LogP) is 10.5. The molecule has 3 aromatic heterocycles. The molecule has 6 aromatic carbocycles. The van der Waals surface area contributed by atoms with Gasteiger partial charge in [-0.3, -0.25) is 0 Å². The number of nitrogens with zero attached hydrogens (tertiary/aromatic N) is 3. The van der Waals surface area contributed by atoms with E-state index >= 15 is 0 Å². The van der Waals surface area contributed by atoms with Crippen LogP contribution in [0.5, 0.6) is 0 Å². The lowest BCUT2D eigenvalue weighted by Gasteiger charge is -2.09. The van der Waals surface area contributed by atoms with Crippen molar-refractivity contribution in [1.29, 1.82) is 0 Å². The van der Waals surface area contributed by atoms with Crippen molar-refractivity contribution in [3.63, 3.8) is 0 Å². The van der Waals surface area contributed by atoms with Crippen LogP contribution in [0.4, 0.5) is 0 Å². The van der Waals surface area contributed by atoms with Crippen LogP contribution in [-0.2, 0) is 0 Å². The van der Waals surface area contributed by atoms with E-state index in [0.29, 0.717) is 5.82 Å². The van der Waals surface area contributed by atoms with E-state index < -0.39 is 0 Å². The highest BCUT2D eigenvalue weighted by atomic mass is 16.3. The molecule has 0 spiro atoms. The van der Waals surface area contributed by atoms with Crippen molar-refractivity contribution in [2.75, 3.05) is 0 Å². The van der Waals surface area contributed by atoms with Crippen molar-refractivity contribution >= 4 is 43.7 Å². The Bertz CT molecular complexity index is 2380. The maximum atomic E-state index is 6.73. The molecule has 4 heteroatoms. The zero-order valence-corrected chi connectivity index (χ0v) is 23.7. The Hall–Kier alpha value is -6.00. The average molecular weight is 564 g/mol. The standard InChI is InChI=1S/C40H25N3O/c1-3-12-26(13-4-1)33-25-34(42-40(41-33)27-14-5-2-6-15-27)28-22-23-31-32-18-11-21-37(39(32)44-38(31)24-28)43-35-19-9-7-16-29(35)30-17-8-10-20-36(30)43/h1-25H. The quantitative estimate of drug-likeness (QED) is 0.214. The number of furan rings is 1. The lowest BCUT2D eigenvalue weighted by Crippen LogP contribution is -1.95. The minimum absolute atomic E-state index is 0.695. The summed E-state index contributed by atoms with van der Waals surface area (Å²) in [7, 11) is 0. The molecule has 206 valence electrons. The molecule has 0 saturated heterocycles. The van der Waals surface area contributed by atoms with Gasteiger partial charge in [0.1, 0.15) is 5.58 Å².